The second-order valence-corrected chi connectivity index (χ2v) is 6.87. The first-order chi connectivity index (χ1) is 6.73. The van der Waals surface area contributed by atoms with Crippen molar-refractivity contribution in [3.63, 3.8) is 0 Å². The van der Waals surface area contributed by atoms with Crippen molar-refractivity contribution in [2.24, 2.45) is 0 Å². The third kappa shape index (κ3) is 6.51. The highest BCUT2D eigenvalue weighted by atomic mass is 79.9. The Balaban J connectivity index is 4.03. The van der Waals surface area contributed by atoms with Gasteiger partial charge in [0.05, 0.1) is 0 Å². The topological polar surface area (TPSA) is 27.7 Å². The minimum absolute atomic E-state index is 0.110. The molecule has 0 unspecified atom stereocenters. The molecule has 3 nitrogen and oxygen atoms in total. The van der Waals surface area contributed by atoms with Crippen LogP contribution in [0.3, 0.4) is 0 Å². The zero-order valence-electron chi connectivity index (χ0n) is 10.6. The van der Waals surface area contributed by atoms with Crippen molar-refractivity contribution >= 4 is 15.9 Å². The fourth-order valence-corrected chi connectivity index (χ4v) is 1.45. The molecule has 0 aromatic rings. The van der Waals surface area contributed by atoms with Crippen LogP contribution in [0.2, 0.25) is 0 Å². The van der Waals surface area contributed by atoms with Crippen LogP contribution in [0.4, 0.5) is 0 Å². The minimum Gasteiger partial charge on any atom is -0.370 e. The van der Waals surface area contributed by atoms with Crippen LogP contribution in [0.15, 0.2) is 0 Å². The molecule has 0 aliphatic rings. The van der Waals surface area contributed by atoms with Crippen LogP contribution in [-0.2, 0) is 14.2 Å². The quantitative estimate of drug-likeness (QED) is 0.531. The summed E-state index contributed by atoms with van der Waals surface area (Å²) in [6.07, 6.45) is 0.604. The van der Waals surface area contributed by atoms with Gasteiger partial charge >= 0.3 is 0 Å². The van der Waals surface area contributed by atoms with E-state index < -0.39 is 5.60 Å². The van der Waals surface area contributed by atoms with Crippen molar-refractivity contribution in [2.75, 3.05) is 20.8 Å². The SMILES string of the molecule is COC(OC)C(C)(C)OCCC(C)(C)Br. The maximum Gasteiger partial charge on any atom is 0.185 e. The molecule has 0 saturated carbocycles. The first-order valence-corrected chi connectivity index (χ1v) is 5.90. The fraction of sp³-hybridized carbons (Fsp3) is 1.00. The van der Waals surface area contributed by atoms with Crippen LogP contribution in [-0.4, -0.2) is 37.0 Å². The molecule has 92 valence electrons. The van der Waals surface area contributed by atoms with Gasteiger partial charge in [0.2, 0.25) is 0 Å². The second kappa shape index (κ2) is 6.18. The van der Waals surface area contributed by atoms with E-state index in [4.69, 9.17) is 14.2 Å². The molecule has 0 aliphatic heterocycles. The summed E-state index contributed by atoms with van der Waals surface area (Å²) in [4.78, 5) is 0. The van der Waals surface area contributed by atoms with Gasteiger partial charge in [0.1, 0.15) is 5.60 Å². The molecule has 4 heteroatoms. The van der Waals surface area contributed by atoms with E-state index >= 15 is 0 Å². The van der Waals surface area contributed by atoms with Gasteiger partial charge < -0.3 is 14.2 Å². The van der Waals surface area contributed by atoms with Crippen LogP contribution in [0, 0.1) is 0 Å². The Labute approximate surface area is 102 Å². The lowest BCUT2D eigenvalue weighted by molar-refractivity contribution is -0.221. The molecule has 0 spiro atoms. The molecular formula is C11H23BrO3. The number of rotatable bonds is 7. The minimum atomic E-state index is -0.429. The predicted molar refractivity (Wildman–Crippen MR) is 65.5 cm³/mol. The van der Waals surface area contributed by atoms with Crippen LogP contribution >= 0.6 is 15.9 Å². The van der Waals surface area contributed by atoms with Gasteiger partial charge in [0, 0.05) is 25.2 Å². The van der Waals surface area contributed by atoms with Gasteiger partial charge in [-0.25, -0.2) is 0 Å². The lowest BCUT2D eigenvalue weighted by Crippen LogP contribution is -2.42. The van der Waals surface area contributed by atoms with Crippen molar-refractivity contribution in [3.8, 4) is 0 Å². The van der Waals surface area contributed by atoms with Gasteiger partial charge in [-0.3, -0.25) is 0 Å². The van der Waals surface area contributed by atoms with Gasteiger partial charge in [0.25, 0.3) is 0 Å². The normalized spacial score (nSPS) is 13.6. The Hall–Kier alpha value is 0.360. The highest BCUT2D eigenvalue weighted by Gasteiger charge is 2.31. The maximum absolute atomic E-state index is 5.77. The molecule has 0 amide bonds. The van der Waals surface area contributed by atoms with Crippen LogP contribution in [0.5, 0.6) is 0 Å². The molecule has 15 heavy (non-hydrogen) atoms. The maximum atomic E-state index is 5.77. The smallest absolute Gasteiger partial charge is 0.185 e. The van der Waals surface area contributed by atoms with E-state index in [0.717, 1.165) is 6.42 Å². The van der Waals surface area contributed by atoms with E-state index in [1.807, 2.05) is 13.8 Å². The summed E-state index contributed by atoms with van der Waals surface area (Å²) in [5, 5.41) is 0. The van der Waals surface area contributed by atoms with Crippen molar-refractivity contribution in [3.05, 3.63) is 0 Å². The summed E-state index contributed by atoms with van der Waals surface area (Å²) in [7, 11) is 3.24. The number of methoxy groups -OCH3 is 2. The average molecular weight is 283 g/mol. The first-order valence-electron chi connectivity index (χ1n) is 5.11. The summed E-state index contributed by atoms with van der Waals surface area (Å²) < 4.78 is 16.3. The summed E-state index contributed by atoms with van der Waals surface area (Å²) >= 11 is 3.57. The van der Waals surface area contributed by atoms with E-state index in [2.05, 4.69) is 29.8 Å². The molecule has 0 fully saturated rings. The average Bonchev–Trinajstić information content (AvgIpc) is 2.02. The Kier molecular flexibility index (Phi) is 6.33. The molecule has 0 heterocycles. The Morgan fingerprint density at radius 3 is 1.87 bits per heavy atom. The predicted octanol–water partition coefficient (Wildman–Crippen LogP) is 2.96. The zero-order valence-corrected chi connectivity index (χ0v) is 12.2. The van der Waals surface area contributed by atoms with E-state index in [1.54, 1.807) is 14.2 Å². The molecule has 0 radical (unpaired) electrons. The zero-order chi connectivity index (χ0) is 12.1. The number of alkyl halides is 1. The van der Waals surface area contributed by atoms with Crippen molar-refractivity contribution in [2.45, 2.75) is 50.3 Å². The standard InChI is InChI=1S/C11H23BrO3/c1-10(2,12)7-8-15-11(3,4)9(13-5)14-6/h9H,7-8H2,1-6H3. The second-order valence-electron chi connectivity index (χ2n) is 4.72. The Bertz CT molecular complexity index is 171. The molecule has 0 saturated heterocycles. The van der Waals surface area contributed by atoms with Gasteiger partial charge in [0.15, 0.2) is 6.29 Å². The van der Waals surface area contributed by atoms with Gasteiger partial charge in [-0.05, 0) is 34.1 Å². The third-order valence-corrected chi connectivity index (χ3v) is 2.56. The highest BCUT2D eigenvalue weighted by Crippen LogP contribution is 2.23. The number of hydrogen-bond acceptors (Lipinski definition) is 3. The molecule has 0 aliphatic carbocycles. The lowest BCUT2D eigenvalue weighted by atomic mass is 10.1. The van der Waals surface area contributed by atoms with Crippen LogP contribution < -0.4 is 0 Å². The summed E-state index contributed by atoms with van der Waals surface area (Å²) in [6, 6.07) is 0. The largest absolute Gasteiger partial charge is 0.370 e. The molecule has 0 atom stereocenters. The molecule has 0 bridgehead atoms. The molecular weight excluding hydrogens is 260 g/mol. The van der Waals surface area contributed by atoms with Crippen LogP contribution in [0.1, 0.15) is 34.1 Å². The third-order valence-electron chi connectivity index (χ3n) is 2.17. The summed E-state index contributed by atoms with van der Waals surface area (Å²) in [5.41, 5.74) is -0.429. The molecule has 0 N–H and O–H groups in total. The monoisotopic (exact) mass is 282 g/mol. The first kappa shape index (κ1) is 15.4. The van der Waals surface area contributed by atoms with E-state index in [1.165, 1.54) is 0 Å². The molecule has 0 rings (SSSR count). The van der Waals surface area contributed by atoms with Gasteiger partial charge in [-0.2, -0.15) is 0 Å². The Morgan fingerprint density at radius 1 is 1.07 bits per heavy atom. The summed E-state index contributed by atoms with van der Waals surface area (Å²) in [6.45, 7) is 8.84. The van der Waals surface area contributed by atoms with E-state index in [9.17, 15) is 0 Å². The van der Waals surface area contributed by atoms with Crippen molar-refractivity contribution in [1.82, 2.24) is 0 Å². The van der Waals surface area contributed by atoms with E-state index in [-0.39, 0.29) is 10.6 Å². The van der Waals surface area contributed by atoms with E-state index in [0.29, 0.717) is 6.61 Å². The number of halogens is 1. The van der Waals surface area contributed by atoms with Crippen molar-refractivity contribution < 1.29 is 14.2 Å². The van der Waals surface area contributed by atoms with Crippen LogP contribution in [0.25, 0.3) is 0 Å². The summed E-state index contributed by atoms with van der Waals surface area (Å²) in [5.74, 6) is 0. The number of hydrogen-bond donors (Lipinski definition) is 0. The number of ether oxygens (including phenoxy) is 3. The lowest BCUT2D eigenvalue weighted by Gasteiger charge is -2.32. The molecule has 0 aromatic carbocycles. The molecule has 0 aromatic heterocycles. The Morgan fingerprint density at radius 2 is 1.53 bits per heavy atom. The fourth-order valence-electron chi connectivity index (χ4n) is 1.29. The van der Waals surface area contributed by atoms with Crippen molar-refractivity contribution in [1.29, 1.82) is 0 Å². The van der Waals surface area contributed by atoms with Gasteiger partial charge in [-0.1, -0.05) is 15.9 Å². The van der Waals surface area contributed by atoms with Gasteiger partial charge in [-0.15, -0.1) is 0 Å². The highest BCUT2D eigenvalue weighted by molar-refractivity contribution is 9.10.